The van der Waals surface area contributed by atoms with Gasteiger partial charge in [-0.25, -0.2) is 8.78 Å². The van der Waals surface area contributed by atoms with Crippen LogP contribution in [0.1, 0.15) is 11.1 Å². The number of hydrogen-bond acceptors (Lipinski definition) is 4. The van der Waals surface area contributed by atoms with E-state index in [1.807, 2.05) is 0 Å². The molecule has 1 heterocycles. The molecule has 1 aromatic carbocycles. The Morgan fingerprint density at radius 1 is 1.32 bits per heavy atom. The van der Waals surface area contributed by atoms with Gasteiger partial charge >= 0.3 is 0 Å². The average Bonchev–Trinajstić information content (AvgIpc) is 2.40. The average molecular weight is 280 g/mol. The van der Waals surface area contributed by atoms with Crippen LogP contribution in [0.15, 0.2) is 30.5 Å². The van der Waals surface area contributed by atoms with Gasteiger partial charge in [0.2, 0.25) is 0 Å². The summed E-state index contributed by atoms with van der Waals surface area (Å²) >= 11 is 4.86. The van der Waals surface area contributed by atoms with Crippen LogP contribution in [0.2, 0.25) is 0 Å². The predicted octanol–water partition coefficient (Wildman–Crippen LogP) is 2.00. The monoisotopic (exact) mass is 280 g/mol. The Bertz CT molecular complexity index is 618. The van der Waals surface area contributed by atoms with Crippen molar-refractivity contribution >= 4 is 23.0 Å². The van der Waals surface area contributed by atoms with Gasteiger partial charge in [0.15, 0.2) is 5.82 Å². The normalized spacial score (nSPS) is 10.2. The first-order chi connectivity index (χ1) is 9.08. The lowest BCUT2D eigenvalue weighted by atomic mass is 10.2. The standard InChI is InChI=1S/C12H10F2N4S/c13-8-1-2-10(14)7(5-8)6-16-12-9(11(15)19)3-4-17-18-12/h1-5H,6H2,(H2,15,19)(H,16,18). The largest absolute Gasteiger partial charge is 0.389 e. The molecule has 0 spiro atoms. The number of thiocarbonyl (C=S) groups is 1. The number of nitrogens with zero attached hydrogens (tertiary/aromatic N) is 2. The first-order valence-electron chi connectivity index (χ1n) is 5.37. The highest BCUT2D eigenvalue weighted by Gasteiger charge is 2.08. The van der Waals surface area contributed by atoms with Crippen molar-refractivity contribution in [2.45, 2.75) is 6.54 Å². The molecule has 0 saturated heterocycles. The molecule has 19 heavy (non-hydrogen) atoms. The maximum absolute atomic E-state index is 13.4. The Labute approximate surface area is 113 Å². The van der Waals surface area contributed by atoms with E-state index in [2.05, 4.69) is 15.5 Å². The van der Waals surface area contributed by atoms with Gasteiger partial charge in [-0.1, -0.05) is 12.2 Å². The molecule has 3 N–H and O–H groups in total. The minimum atomic E-state index is -0.507. The SMILES string of the molecule is NC(=S)c1ccnnc1NCc1cc(F)ccc1F. The molecule has 0 bridgehead atoms. The van der Waals surface area contributed by atoms with Gasteiger partial charge in [-0.15, -0.1) is 5.10 Å². The van der Waals surface area contributed by atoms with Crippen LogP contribution < -0.4 is 11.1 Å². The van der Waals surface area contributed by atoms with Crippen LogP contribution in [0.4, 0.5) is 14.6 Å². The molecule has 2 aromatic rings. The number of nitrogens with two attached hydrogens (primary N) is 1. The molecule has 0 unspecified atom stereocenters. The maximum atomic E-state index is 13.4. The second-order valence-electron chi connectivity index (χ2n) is 3.75. The molecular weight excluding hydrogens is 270 g/mol. The van der Waals surface area contributed by atoms with Crippen molar-refractivity contribution in [3.05, 3.63) is 53.2 Å². The summed E-state index contributed by atoms with van der Waals surface area (Å²) < 4.78 is 26.5. The number of nitrogens with one attached hydrogen (secondary N) is 1. The van der Waals surface area contributed by atoms with Crippen molar-refractivity contribution in [1.82, 2.24) is 10.2 Å². The fraction of sp³-hybridized carbons (Fsp3) is 0.0833. The molecule has 0 aliphatic rings. The molecular formula is C12H10F2N4S. The van der Waals surface area contributed by atoms with Crippen LogP contribution in [-0.4, -0.2) is 15.2 Å². The first-order valence-corrected chi connectivity index (χ1v) is 5.78. The number of anilines is 1. The maximum Gasteiger partial charge on any atom is 0.159 e. The summed E-state index contributed by atoms with van der Waals surface area (Å²) in [6.45, 7) is 0.0535. The van der Waals surface area contributed by atoms with Gasteiger partial charge in [0, 0.05) is 12.1 Å². The van der Waals surface area contributed by atoms with Crippen LogP contribution in [0.5, 0.6) is 0 Å². The van der Waals surface area contributed by atoms with Crippen LogP contribution in [0.3, 0.4) is 0 Å². The number of hydrogen-bond donors (Lipinski definition) is 2. The van der Waals surface area contributed by atoms with Gasteiger partial charge < -0.3 is 11.1 Å². The molecule has 0 amide bonds. The van der Waals surface area contributed by atoms with Crippen LogP contribution in [0.25, 0.3) is 0 Å². The summed E-state index contributed by atoms with van der Waals surface area (Å²) in [6, 6.07) is 4.83. The number of rotatable bonds is 4. The van der Waals surface area contributed by atoms with Crippen LogP contribution >= 0.6 is 12.2 Å². The van der Waals surface area contributed by atoms with Crippen molar-refractivity contribution in [1.29, 1.82) is 0 Å². The molecule has 1 aromatic heterocycles. The van der Waals surface area contributed by atoms with E-state index in [0.717, 1.165) is 18.2 Å². The van der Waals surface area contributed by atoms with Crippen molar-refractivity contribution in [2.24, 2.45) is 5.73 Å². The summed E-state index contributed by atoms with van der Waals surface area (Å²) in [7, 11) is 0. The van der Waals surface area contributed by atoms with E-state index >= 15 is 0 Å². The summed E-state index contributed by atoms with van der Waals surface area (Å²) in [5.74, 6) is -0.680. The van der Waals surface area contributed by atoms with Gasteiger partial charge in [-0.3, -0.25) is 0 Å². The van der Waals surface area contributed by atoms with E-state index < -0.39 is 11.6 Å². The molecule has 0 radical (unpaired) electrons. The smallest absolute Gasteiger partial charge is 0.159 e. The minimum absolute atomic E-state index is 0.0535. The third-order valence-corrected chi connectivity index (χ3v) is 2.66. The summed E-state index contributed by atoms with van der Waals surface area (Å²) in [4.78, 5) is 0.150. The van der Waals surface area contributed by atoms with E-state index in [0.29, 0.717) is 11.4 Å². The van der Waals surface area contributed by atoms with Gasteiger partial charge in [-0.05, 0) is 24.3 Å². The molecule has 98 valence electrons. The van der Waals surface area contributed by atoms with E-state index in [1.54, 1.807) is 6.07 Å². The number of benzene rings is 1. The minimum Gasteiger partial charge on any atom is -0.389 e. The Hall–Kier alpha value is -2.15. The molecule has 0 fully saturated rings. The second kappa shape index (κ2) is 5.66. The van der Waals surface area contributed by atoms with E-state index in [1.165, 1.54) is 6.20 Å². The van der Waals surface area contributed by atoms with Crippen LogP contribution in [-0.2, 0) is 6.54 Å². The van der Waals surface area contributed by atoms with Gasteiger partial charge in [-0.2, -0.15) is 5.10 Å². The third-order valence-electron chi connectivity index (χ3n) is 2.44. The number of aromatic nitrogens is 2. The lowest BCUT2D eigenvalue weighted by Gasteiger charge is -2.09. The molecule has 0 aliphatic carbocycles. The summed E-state index contributed by atoms with van der Waals surface area (Å²) in [5, 5.41) is 10.3. The zero-order chi connectivity index (χ0) is 13.8. The molecule has 0 aliphatic heterocycles. The third kappa shape index (κ3) is 3.19. The Morgan fingerprint density at radius 2 is 2.11 bits per heavy atom. The van der Waals surface area contributed by atoms with E-state index in [4.69, 9.17) is 18.0 Å². The van der Waals surface area contributed by atoms with Crippen molar-refractivity contribution in [3.63, 3.8) is 0 Å². The summed E-state index contributed by atoms with van der Waals surface area (Å²) in [6.07, 6.45) is 1.45. The van der Waals surface area contributed by atoms with Crippen molar-refractivity contribution in [2.75, 3.05) is 5.32 Å². The van der Waals surface area contributed by atoms with Crippen molar-refractivity contribution < 1.29 is 8.78 Å². The summed E-state index contributed by atoms with van der Waals surface area (Å²) in [5.41, 5.74) is 6.21. The van der Waals surface area contributed by atoms with Gasteiger partial charge in [0.05, 0.1) is 11.8 Å². The Kier molecular flexibility index (Phi) is 3.96. The quantitative estimate of drug-likeness (QED) is 0.839. The molecule has 7 heteroatoms. The lowest BCUT2D eigenvalue weighted by Crippen LogP contribution is -2.15. The Morgan fingerprint density at radius 3 is 2.84 bits per heavy atom. The van der Waals surface area contributed by atoms with Crippen LogP contribution in [0, 0.1) is 11.6 Å². The molecule has 0 saturated carbocycles. The molecule has 4 nitrogen and oxygen atoms in total. The molecule has 0 atom stereocenters. The Balaban J connectivity index is 2.19. The number of halogens is 2. The fourth-order valence-electron chi connectivity index (χ4n) is 1.52. The lowest BCUT2D eigenvalue weighted by molar-refractivity contribution is 0.587. The highest BCUT2D eigenvalue weighted by Crippen LogP contribution is 2.14. The topological polar surface area (TPSA) is 63.8 Å². The van der Waals surface area contributed by atoms with Crippen molar-refractivity contribution in [3.8, 4) is 0 Å². The zero-order valence-electron chi connectivity index (χ0n) is 9.73. The van der Waals surface area contributed by atoms with Gasteiger partial charge in [0.1, 0.15) is 16.6 Å². The zero-order valence-corrected chi connectivity index (χ0v) is 10.5. The fourth-order valence-corrected chi connectivity index (χ4v) is 1.68. The predicted molar refractivity (Wildman–Crippen MR) is 71.6 cm³/mol. The van der Waals surface area contributed by atoms with E-state index in [9.17, 15) is 8.78 Å². The van der Waals surface area contributed by atoms with Gasteiger partial charge in [0.25, 0.3) is 0 Å². The highest BCUT2D eigenvalue weighted by molar-refractivity contribution is 7.80. The molecule has 2 rings (SSSR count). The second-order valence-corrected chi connectivity index (χ2v) is 4.19. The van der Waals surface area contributed by atoms with E-state index in [-0.39, 0.29) is 17.1 Å². The highest BCUT2D eigenvalue weighted by atomic mass is 32.1. The first kappa shape index (κ1) is 13.3.